The molecule has 0 aliphatic carbocycles. The van der Waals surface area contributed by atoms with Gasteiger partial charge in [0.05, 0.1) is 21.5 Å². The molecule has 164 valence electrons. The molecule has 1 aliphatic rings. The number of rotatable bonds is 6. The molecule has 33 heavy (non-hydrogen) atoms. The first-order chi connectivity index (χ1) is 15.8. The van der Waals surface area contributed by atoms with Crippen molar-refractivity contribution in [3.8, 4) is 11.5 Å². The molecule has 1 heterocycles. The average Bonchev–Trinajstić information content (AvgIpc) is 3.14. The summed E-state index contributed by atoms with van der Waals surface area (Å²) in [5.41, 5.74) is -0.617. The molecule has 3 aromatic carbocycles. The molecule has 11 heteroatoms. The highest BCUT2D eigenvalue weighted by atomic mass is 19.1. The summed E-state index contributed by atoms with van der Waals surface area (Å²) in [5.74, 6) is -1.56. The van der Waals surface area contributed by atoms with Crippen molar-refractivity contribution in [2.24, 2.45) is 4.99 Å². The molecule has 0 bridgehead atoms. The van der Waals surface area contributed by atoms with Crippen molar-refractivity contribution < 1.29 is 28.5 Å². The fourth-order valence-electron chi connectivity index (χ4n) is 2.96. The van der Waals surface area contributed by atoms with Crippen molar-refractivity contribution >= 4 is 29.3 Å². The number of carbonyl (C=O) groups excluding carboxylic acids is 1. The molecule has 4 rings (SSSR count). The zero-order chi connectivity index (χ0) is 23.5. The number of ether oxygens (including phenoxy) is 2. The van der Waals surface area contributed by atoms with E-state index in [1.165, 1.54) is 36.4 Å². The molecule has 0 aromatic heterocycles. The van der Waals surface area contributed by atoms with E-state index in [9.17, 15) is 29.4 Å². The Hall–Kier alpha value is -4.93. The smallest absolute Gasteiger partial charge is 0.363 e. The number of cyclic esters (lactones) is 1. The van der Waals surface area contributed by atoms with Gasteiger partial charge in [0.15, 0.2) is 5.70 Å². The van der Waals surface area contributed by atoms with E-state index in [2.05, 4.69) is 4.99 Å². The maximum Gasteiger partial charge on any atom is 0.363 e. The van der Waals surface area contributed by atoms with E-state index in [0.29, 0.717) is 5.56 Å². The summed E-state index contributed by atoms with van der Waals surface area (Å²) in [7, 11) is 0. The molecule has 0 radical (unpaired) electrons. The molecule has 0 N–H and O–H groups in total. The van der Waals surface area contributed by atoms with Crippen LogP contribution >= 0.6 is 0 Å². The minimum atomic E-state index is -0.790. The second-order valence-electron chi connectivity index (χ2n) is 6.66. The zero-order valence-electron chi connectivity index (χ0n) is 16.5. The molecular weight excluding hydrogens is 437 g/mol. The number of nitrogens with zero attached hydrogens (tertiary/aromatic N) is 3. The lowest BCUT2D eigenvalue weighted by molar-refractivity contribution is -0.394. The van der Waals surface area contributed by atoms with Gasteiger partial charge in [-0.25, -0.2) is 14.2 Å². The van der Waals surface area contributed by atoms with Crippen molar-refractivity contribution in [3.63, 3.8) is 0 Å². The van der Waals surface area contributed by atoms with E-state index in [4.69, 9.17) is 9.47 Å². The third-order valence-corrected chi connectivity index (χ3v) is 4.46. The molecule has 0 unspecified atom stereocenters. The Balaban J connectivity index is 1.62. The first-order valence-corrected chi connectivity index (χ1v) is 9.30. The van der Waals surface area contributed by atoms with Crippen molar-refractivity contribution in [2.45, 2.75) is 0 Å². The van der Waals surface area contributed by atoms with Crippen LogP contribution in [0.1, 0.15) is 11.1 Å². The van der Waals surface area contributed by atoms with Crippen molar-refractivity contribution in [1.82, 2.24) is 0 Å². The number of nitro groups is 2. The molecule has 0 fully saturated rings. The van der Waals surface area contributed by atoms with Gasteiger partial charge in [-0.05, 0) is 42.0 Å². The second-order valence-corrected chi connectivity index (χ2v) is 6.66. The van der Waals surface area contributed by atoms with E-state index in [1.54, 1.807) is 18.2 Å². The van der Waals surface area contributed by atoms with Crippen LogP contribution in [0.4, 0.5) is 15.8 Å². The predicted octanol–water partition coefficient (Wildman–Crippen LogP) is 4.78. The van der Waals surface area contributed by atoms with E-state index in [0.717, 1.165) is 18.2 Å². The lowest BCUT2D eigenvalue weighted by atomic mass is 10.2. The van der Waals surface area contributed by atoms with Crippen LogP contribution < -0.4 is 4.74 Å². The number of nitro benzene ring substituents is 2. The zero-order valence-corrected chi connectivity index (χ0v) is 16.5. The molecule has 3 aromatic rings. The number of benzene rings is 3. The lowest BCUT2D eigenvalue weighted by Crippen LogP contribution is -2.07. The number of esters is 1. The molecule has 0 atom stereocenters. The Labute approximate surface area is 184 Å². The normalized spacial score (nSPS) is 14.0. The second kappa shape index (κ2) is 8.67. The van der Waals surface area contributed by atoms with E-state index in [-0.39, 0.29) is 28.7 Å². The van der Waals surface area contributed by atoms with Gasteiger partial charge in [0.25, 0.3) is 5.69 Å². The molecule has 0 spiro atoms. The maximum atomic E-state index is 13.9. The topological polar surface area (TPSA) is 134 Å². The van der Waals surface area contributed by atoms with Crippen LogP contribution in [0, 0.1) is 26.0 Å². The maximum absolute atomic E-state index is 13.9. The van der Waals surface area contributed by atoms with Gasteiger partial charge in [-0.3, -0.25) is 20.2 Å². The van der Waals surface area contributed by atoms with E-state index in [1.807, 2.05) is 0 Å². The molecule has 1 aliphatic heterocycles. The molecule has 0 amide bonds. The van der Waals surface area contributed by atoms with Crippen molar-refractivity contribution in [2.75, 3.05) is 0 Å². The van der Waals surface area contributed by atoms with E-state index >= 15 is 0 Å². The van der Waals surface area contributed by atoms with Crippen LogP contribution in [-0.2, 0) is 9.53 Å². The van der Waals surface area contributed by atoms with Crippen molar-refractivity contribution in [3.05, 3.63) is 110 Å². The number of hydrogen-bond acceptors (Lipinski definition) is 8. The number of carbonyl (C=O) groups is 1. The minimum absolute atomic E-state index is 0.0387. The highest BCUT2D eigenvalue weighted by Crippen LogP contribution is 2.34. The Morgan fingerprint density at radius 2 is 1.76 bits per heavy atom. The largest absolute Gasteiger partial charge is 0.450 e. The third-order valence-electron chi connectivity index (χ3n) is 4.46. The summed E-state index contributed by atoms with van der Waals surface area (Å²) in [4.78, 5) is 36.8. The minimum Gasteiger partial charge on any atom is -0.450 e. The number of aliphatic imine (C=N–C) groups is 1. The van der Waals surface area contributed by atoms with Crippen molar-refractivity contribution in [1.29, 1.82) is 0 Å². The summed E-state index contributed by atoms with van der Waals surface area (Å²) in [6, 6.07) is 14.9. The van der Waals surface area contributed by atoms with Gasteiger partial charge in [0.2, 0.25) is 11.6 Å². The number of halogens is 1. The number of hydrogen-bond donors (Lipinski definition) is 0. The quantitative estimate of drug-likeness (QED) is 0.229. The molecule has 0 saturated carbocycles. The summed E-state index contributed by atoms with van der Waals surface area (Å²) < 4.78 is 24.5. The van der Waals surface area contributed by atoms with Crippen LogP contribution in [0.25, 0.3) is 6.08 Å². The fourth-order valence-corrected chi connectivity index (χ4v) is 2.96. The standard InChI is InChI=1S/C22H12FN3O7/c23-17-7-2-1-6-16(17)21-24-18(22(27)33-21)11-13-4-3-5-15(10-13)32-20-9-8-14(25(28)29)12-19(20)26(30)31/h1-12H. The van der Waals surface area contributed by atoms with Gasteiger partial charge >= 0.3 is 11.7 Å². The first kappa shape index (κ1) is 21.3. The summed E-state index contributed by atoms with van der Waals surface area (Å²) in [6.45, 7) is 0. The SMILES string of the molecule is O=C1OC(c2ccccc2F)=NC1=Cc1cccc(Oc2ccc([N+](=O)[O-])cc2[N+](=O)[O-])c1. The molecular formula is C22H12FN3O7. The highest BCUT2D eigenvalue weighted by molar-refractivity contribution is 6.12. The monoisotopic (exact) mass is 449 g/mol. The average molecular weight is 449 g/mol. The van der Waals surface area contributed by atoms with Gasteiger partial charge in [0, 0.05) is 6.07 Å². The van der Waals surface area contributed by atoms with Crippen LogP contribution in [0.2, 0.25) is 0 Å². The van der Waals surface area contributed by atoms with Gasteiger partial charge in [-0.2, -0.15) is 0 Å². The van der Waals surface area contributed by atoms with Gasteiger partial charge in [-0.1, -0.05) is 24.3 Å². The Bertz CT molecular complexity index is 1370. The van der Waals surface area contributed by atoms with Gasteiger partial charge < -0.3 is 9.47 Å². The van der Waals surface area contributed by atoms with Crippen LogP contribution in [0.3, 0.4) is 0 Å². The van der Waals surface area contributed by atoms with Crippen LogP contribution in [0.5, 0.6) is 11.5 Å². The summed E-state index contributed by atoms with van der Waals surface area (Å²) in [6.07, 6.45) is 1.38. The molecule has 0 saturated heterocycles. The van der Waals surface area contributed by atoms with Gasteiger partial charge in [0.1, 0.15) is 11.6 Å². The third kappa shape index (κ3) is 4.56. The summed E-state index contributed by atoms with van der Waals surface area (Å²) >= 11 is 0. The fraction of sp³-hybridized carbons (Fsp3) is 0. The lowest BCUT2D eigenvalue weighted by Gasteiger charge is -2.07. The highest BCUT2D eigenvalue weighted by Gasteiger charge is 2.26. The van der Waals surface area contributed by atoms with E-state index < -0.39 is 33.0 Å². The predicted molar refractivity (Wildman–Crippen MR) is 113 cm³/mol. The van der Waals surface area contributed by atoms with Crippen LogP contribution in [-0.4, -0.2) is 21.7 Å². The van der Waals surface area contributed by atoms with Gasteiger partial charge in [-0.15, -0.1) is 0 Å². The Kier molecular flexibility index (Phi) is 5.60. The van der Waals surface area contributed by atoms with Crippen LogP contribution in [0.15, 0.2) is 77.4 Å². The Morgan fingerprint density at radius 1 is 0.970 bits per heavy atom. The Morgan fingerprint density at radius 3 is 2.48 bits per heavy atom. The molecule has 10 nitrogen and oxygen atoms in total. The summed E-state index contributed by atoms with van der Waals surface area (Å²) in [5, 5.41) is 22.2. The number of non-ortho nitro benzene ring substituents is 1. The first-order valence-electron chi connectivity index (χ1n) is 9.30.